The molecule has 1 aromatic rings. The molecule has 0 spiro atoms. The topological polar surface area (TPSA) is 35.5 Å². The number of hydrogen-bond donors (Lipinski definition) is 0. The largest absolute Gasteiger partial charge is 0.494 e. The van der Waals surface area contributed by atoms with Gasteiger partial charge >= 0.3 is 7.12 Å². The fraction of sp³-hybridized carbons (Fsp3) is 0.500. The highest BCUT2D eigenvalue weighted by molar-refractivity contribution is 6.62. The third-order valence-electron chi connectivity index (χ3n) is 3.20. The summed E-state index contributed by atoms with van der Waals surface area (Å²) >= 11 is 0. The minimum Gasteiger partial charge on any atom is -0.402 e. The minimum absolute atomic E-state index is 0.155. The molecule has 18 heavy (non-hydrogen) atoms. The molecule has 1 aliphatic rings. The van der Waals surface area contributed by atoms with E-state index in [0.29, 0.717) is 6.42 Å². The Morgan fingerprint density at radius 1 is 1.28 bits per heavy atom. The molecule has 0 bridgehead atoms. The number of hydrogen-bond acceptors (Lipinski definition) is 3. The van der Waals surface area contributed by atoms with Gasteiger partial charge in [-0.05, 0) is 18.8 Å². The molecule has 1 saturated heterocycles. The van der Waals surface area contributed by atoms with Gasteiger partial charge < -0.3 is 9.31 Å². The summed E-state index contributed by atoms with van der Waals surface area (Å²) in [6.45, 7) is 3.98. The zero-order valence-electron chi connectivity index (χ0n) is 11.0. The van der Waals surface area contributed by atoms with Crippen molar-refractivity contribution in [2.24, 2.45) is 0 Å². The first kappa shape index (κ1) is 13.3. The van der Waals surface area contributed by atoms with Crippen molar-refractivity contribution in [1.29, 1.82) is 0 Å². The van der Waals surface area contributed by atoms with Gasteiger partial charge in [-0.25, -0.2) is 0 Å². The summed E-state index contributed by atoms with van der Waals surface area (Å²) in [6, 6.07) is 9.75. The second-order valence-electron chi connectivity index (χ2n) is 4.71. The summed E-state index contributed by atoms with van der Waals surface area (Å²) in [4.78, 5) is 12.0. The predicted octanol–water partition coefficient (Wildman–Crippen LogP) is 1.95. The van der Waals surface area contributed by atoms with E-state index in [4.69, 9.17) is 9.31 Å². The lowest BCUT2D eigenvalue weighted by molar-refractivity contribution is -0.126. The fourth-order valence-corrected chi connectivity index (χ4v) is 2.14. The third kappa shape index (κ3) is 3.00. The van der Waals surface area contributed by atoms with Crippen molar-refractivity contribution in [3.05, 3.63) is 30.3 Å². The molecule has 0 aromatic heterocycles. The molecular formula is C14H19BO3. The predicted molar refractivity (Wildman–Crippen MR) is 71.8 cm³/mol. The Labute approximate surface area is 109 Å². The molecular weight excluding hydrogens is 227 g/mol. The first-order chi connectivity index (χ1) is 8.72. The molecule has 2 atom stereocenters. The molecule has 1 fully saturated rings. The Morgan fingerprint density at radius 2 is 2.00 bits per heavy atom. The van der Waals surface area contributed by atoms with Gasteiger partial charge in [0.2, 0.25) is 0 Å². The second-order valence-corrected chi connectivity index (χ2v) is 4.71. The maximum Gasteiger partial charge on any atom is 0.494 e. The van der Waals surface area contributed by atoms with E-state index in [0.717, 1.165) is 18.3 Å². The average molecular weight is 246 g/mol. The summed E-state index contributed by atoms with van der Waals surface area (Å²) in [5.41, 5.74) is 0.968. The van der Waals surface area contributed by atoms with Crippen molar-refractivity contribution in [1.82, 2.24) is 0 Å². The van der Waals surface area contributed by atoms with Crippen LogP contribution < -0.4 is 5.46 Å². The van der Waals surface area contributed by atoms with Crippen LogP contribution in [0.3, 0.4) is 0 Å². The number of carbonyl (C=O) groups excluding carboxylic acids is 1. The van der Waals surface area contributed by atoms with Gasteiger partial charge in [-0.3, -0.25) is 4.79 Å². The number of unbranched alkanes of at least 4 members (excludes halogenated alkanes) is 1. The molecule has 0 saturated carbocycles. The highest BCUT2D eigenvalue weighted by Crippen LogP contribution is 2.19. The van der Waals surface area contributed by atoms with E-state index >= 15 is 0 Å². The van der Waals surface area contributed by atoms with E-state index in [1.807, 2.05) is 37.3 Å². The first-order valence-corrected chi connectivity index (χ1v) is 6.61. The molecule has 96 valence electrons. The third-order valence-corrected chi connectivity index (χ3v) is 3.20. The molecule has 0 aliphatic carbocycles. The number of Topliss-reactive ketones (excluding diaryl/α,β-unsaturated/α-hetero) is 1. The minimum atomic E-state index is -0.415. The van der Waals surface area contributed by atoms with Crippen LogP contribution in [-0.4, -0.2) is 25.1 Å². The van der Waals surface area contributed by atoms with E-state index in [1.54, 1.807) is 0 Å². The van der Waals surface area contributed by atoms with Crippen LogP contribution in [0.4, 0.5) is 0 Å². The van der Waals surface area contributed by atoms with Gasteiger partial charge in [-0.1, -0.05) is 43.7 Å². The van der Waals surface area contributed by atoms with Crippen LogP contribution in [0.2, 0.25) is 0 Å². The van der Waals surface area contributed by atoms with Gasteiger partial charge in [0.15, 0.2) is 5.78 Å². The van der Waals surface area contributed by atoms with Crippen molar-refractivity contribution < 1.29 is 14.1 Å². The Balaban J connectivity index is 1.98. The van der Waals surface area contributed by atoms with E-state index in [9.17, 15) is 4.79 Å². The Bertz CT molecular complexity index is 393. The molecule has 0 amide bonds. The SMILES string of the molecule is CCCCC(=O)[C@H]1OB(c2ccccc2)O[C@@H]1C. The highest BCUT2D eigenvalue weighted by atomic mass is 16.7. The van der Waals surface area contributed by atoms with Crippen molar-refractivity contribution in [2.75, 3.05) is 0 Å². The first-order valence-electron chi connectivity index (χ1n) is 6.61. The summed E-state index contributed by atoms with van der Waals surface area (Å²) in [5.74, 6) is 0.155. The smallest absolute Gasteiger partial charge is 0.402 e. The van der Waals surface area contributed by atoms with Crippen molar-refractivity contribution >= 4 is 18.4 Å². The second kappa shape index (κ2) is 6.16. The molecule has 1 aliphatic heterocycles. The average Bonchev–Trinajstić information content (AvgIpc) is 2.79. The molecule has 4 heteroatoms. The lowest BCUT2D eigenvalue weighted by Crippen LogP contribution is -2.33. The summed E-state index contributed by atoms with van der Waals surface area (Å²) in [7, 11) is -0.406. The van der Waals surface area contributed by atoms with Crippen LogP contribution in [0.1, 0.15) is 33.1 Å². The van der Waals surface area contributed by atoms with E-state index in [1.165, 1.54) is 0 Å². The number of carbonyl (C=O) groups is 1. The lowest BCUT2D eigenvalue weighted by atomic mass is 9.79. The van der Waals surface area contributed by atoms with Crippen LogP contribution >= 0.6 is 0 Å². The number of ketones is 1. The van der Waals surface area contributed by atoms with Crippen LogP contribution in [0.5, 0.6) is 0 Å². The zero-order chi connectivity index (χ0) is 13.0. The van der Waals surface area contributed by atoms with Gasteiger partial charge in [-0.15, -0.1) is 0 Å². The van der Waals surface area contributed by atoms with E-state index in [2.05, 4.69) is 6.92 Å². The van der Waals surface area contributed by atoms with Gasteiger partial charge in [0, 0.05) is 6.42 Å². The van der Waals surface area contributed by atoms with Gasteiger partial charge in [0.05, 0.1) is 6.10 Å². The maximum absolute atomic E-state index is 12.0. The lowest BCUT2D eigenvalue weighted by Gasteiger charge is -2.12. The Kier molecular flexibility index (Phi) is 4.56. The standard InChI is InChI=1S/C14H19BO3/c1-3-4-10-13(16)14-11(2)17-15(18-14)12-8-6-5-7-9-12/h5-9,11,14H,3-4,10H2,1-2H3/t11-,14+/m1/s1. The normalized spacial score (nSPS) is 23.3. The molecule has 0 unspecified atom stereocenters. The van der Waals surface area contributed by atoms with Crippen molar-refractivity contribution in [3.8, 4) is 0 Å². The van der Waals surface area contributed by atoms with Gasteiger partial charge in [0.1, 0.15) is 6.10 Å². The number of benzene rings is 1. The molecule has 3 nitrogen and oxygen atoms in total. The molecule has 0 N–H and O–H groups in total. The van der Waals surface area contributed by atoms with E-state index in [-0.39, 0.29) is 11.9 Å². The van der Waals surface area contributed by atoms with Crippen LogP contribution in [0.15, 0.2) is 30.3 Å². The Morgan fingerprint density at radius 3 is 2.67 bits per heavy atom. The monoisotopic (exact) mass is 246 g/mol. The molecule has 1 heterocycles. The zero-order valence-corrected chi connectivity index (χ0v) is 11.0. The van der Waals surface area contributed by atoms with Crippen molar-refractivity contribution in [3.63, 3.8) is 0 Å². The quantitative estimate of drug-likeness (QED) is 0.745. The maximum atomic E-state index is 12.0. The summed E-state index contributed by atoms with van der Waals surface area (Å²) < 4.78 is 11.5. The molecule has 0 radical (unpaired) electrons. The van der Waals surface area contributed by atoms with E-state index < -0.39 is 13.2 Å². The van der Waals surface area contributed by atoms with Crippen LogP contribution in [0, 0.1) is 0 Å². The van der Waals surface area contributed by atoms with Gasteiger partial charge in [0.25, 0.3) is 0 Å². The summed E-state index contributed by atoms with van der Waals surface area (Å²) in [5, 5.41) is 0. The molecule has 2 rings (SSSR count). The van der Waals surface area contributed by atoms with Crippen molar-refractivity contribution in [2.45, 2.75) is 45.3 Å². The summed E-state index contributed by atoms with van der Waals surface area (Å²) in [6.07, 6.45) is 1.94. The van der Waals surface area contributed by atoms with Gasteiger partial charge in [-0.2, -0.15) is 0 Å². The molecule has 1 aromatic carbocycles. The number of rotatable bonds is 5. The van der Waals surface area contributed by atoms with Crippen LogP contribution in [-0.2, 0) is 14.1 Å². The fourth-order valence-electron chi connectivity index (χ4n) is 2.14. The Hall–Kier alpha value is -1.13. The van der Waals surface area contributed by atoms with Crippen LogP contribution in [0.25, 0.3) is 0 Å². The highest BCUT2D eigenvalue weighted by Gasteiger charge is 2.41.